The van der Waals surface area contributed by atoms with E-state index in [0.29, 0.717) is 23.8 Å². The molecule has 0 aliphatic carbocycles. The molecule has 36 heavy (non-hydrogen) atoms. The third-order valence-corrected chi connectivity index (χ3v) is 7.57. The number of carbonyl (C=O) groups is 1. The molecule has 0 saturated carbocycles. The molecule has 0 aliphatic rings. The number of nitrogens with one attached hydrogen (secondary N) is 1. The Balaban J connectivity index is 2.02. The SMILES string of the molecule is COc1ccc(OC)c(N(CC(=O)N[C@@H](CC(C)C)c2ccccc2)S(=O)(=O)c2ccc(C)cc2)c1. The fourth-order valence-corrected chi connectivity index (χ4v) is 5.36. The van der Waals surface area contributed by atoms with Crippen LogP contribution in [0.15, 0.2) is 77.7 Å². The van der Waals surface area contributed by atoms with E-state index in [4.69, 9.17) is 9.47 Å². The van der Waals surface area contributed by atoms with Crippen LogP contribution in [0.4, 0.5) is 5.69 Å². The molecule has 7 nitrogen and oxygen atoms in total. The van der Waals surface area contributed by atoms with Gasteiger partial charge < -0.3 is 14.8 Å². The summed E-state index contributed by atoms with van der Waals surface area (Å²) in [7, 11) is -1.16. The number of ether oxygens (including phenoxy) is 2. The Kier molecular flexibility index (Phi) is 8.98. The van der Waals surface area contributed by atoms with Gasteiger partial charge >= 0.3 is 0 Å². The van der Waals surface area contributed by atoms with Crippen LogP contribution in [0.3, 0.4) is 0 Å². The van der Waals surface area contributed by atoms with Crippen molar-refractivity contribution in [2.45, 2.75) is 38.1 Å². The lowest BCUT2D eigenvalue weighted by atomic mass is 9.97. The van der Waals surface area contributed by atoms with E-state index in [1.165, 1.54) is 26.4 Å². The number of benzene rings is 3. The standard InChI is InChI=1S/C28H34N2O5S/c1-20(2)17-25(22-9-7-6-8-10-22)29-28(31)19-30(26-18-23(34-4)13-16-27(26)35-5)36(32,33)24-14-11-21(3)12-15-24/h6-16,18,20,25H,17,19H2,1-5H3,(H,29,31)/t25-/m0/s1. The first-order valence-electron chi connectivity index (χ1n) is 11.8. The normalized spacial score (nSPS) is 12.2. The Labute approximate surface area is 214 Å². The van der Waals surface area contributed by atoms with E-state index in [-0.39, 0.29) is 16.6 Å². The molecule has 0 saturated heterocycles. The summed E-state index contributed by atoms with van der Waals surface area (Å²) in [4.78, 5) is 13.5. The molecule has 0 aliphatic heterocycles. The van der Waals surface area contributed by atoms with E-state index >= 15 is 0 Å². The van der Waals surface area contributed by atoms with Crippen molar-refractivity contribution in [3.05, 3.63) is 83.9 Å². The van der Waals surface area contributed by atoms with E-state index < -0.39 is 22.5 Å². The molecule has 0 spiro atoms. The van der Waals surface area contributed by atoms with Crippen LogP contribution in [-0.4, -0.2) is 35.1 Å². The molecule has 0 bridgehead atoms. The van der Waals surface area contributed by atoms with Crippen molar-refractivity contribution in [2.24, 2.45) is 5.92 Å². The van der Waals surface area contributed by atoms with Crippen LogP contribution in [-0.2, 0) is 14.8 Å². The minimum atomic E-state index is -4.11. The summed E-state index contributed by atoms with van der Waals surface area (Å²) in [5, 5.41) is 3.05. The molecular formula is C28H34N2O5S. The van der Waals surface area contributed by atoms with Crippen LogP contribution in [0.25, 0.3) is 0 Å². The number of sulfonamides is 1. The number of carbonyl (C=O) groups excluding carboxylic acids is 1. The maximum atomic E-state index is 13.8. The van der Waals surface area contributed by atoms with Crippen molar-refractivity contribution < 1.29 is 22.7 Å². The first-order valence-corrected chi connectivity index (χ1v) is 13.3. The summed E-state index contributed by atoms with van der Waals surface area (Å²) in [6.07, 6.45) is 0.711. The molecule has 3 rings (SSSR count). The van der Waals surface area contributed by atoms with Gasteiger partial charge in [-0.2, -0.15) is 0 Å². The predicted octanol–water partition coefficient (Wildman–Crippen LogP) is 5.11. The Morgan fingerprint density at radius 3 is 2.19 bits per heavy atom. The van der Waals surface area contributed by atoms with Crippen molar-refractivity contribution in [3.63, 3.8) is 0 Å². The number of nitrogens with zero attached hydrogens (tertiary/aromatic N) is 1. The molecule has 1 atom stereocenters. The number of hydrogen-bond acceptors (Lipinski definition) is 5. The van der Waals surface area contributed by atoms with Gasteiger partial charge in [-0.3, -0.25) is 9.10 Å². The highest BCUT2D eigenvalue weighted by Gasteiger charge is 2.30. The lowest BCUT2D eigenvalue weighted by Crippen LogP contribution is -2.42. The number of hydrogen-bond donors (Lipinski definition) is 1. The van der Waals surface area contributed by atoms with Crippen LogP contribution < -0.4 is 19.1 Å². The quantitative estimate of drug-likeness (QED) is 0.387. The number of rotatable bonds is 11. The Morgan fingerprint density at radius 2 is 1.61 bits per heavy atom. The highest BCUT2D eigenvalue weighted by Crippen LogP contribution is 2.35. The zero-order valence-electron chi connectivity index (χ0n) is 21.4. The average molecular weight is 511 g/mol. The van der Waals surface area contributed by atoms with Crippen molar-refractivity contribution in [3.8, 4) is 11.5 Å². The minimum Gasteiger partial charge on any atom is -0.497 e. The van der Waals surface area contributed by atoms with E-state index in [1.807, 2.05) is 37.3 Å². The number of anilines is 1. The van der Waals surface area contributed by atoms with E-state index in [0.717, 1.165) is 15.4 Å². The number of amides is 1. The molecule has 0 radical (unpaired) electrons. The van der Waals surface area contributed by atoms with Gasteiger partial charge in [0.1, 0.15) is 18.0 Å². The molecule has 0 fully saturated rings. The molecular weight excluding hydrogens is 476 g/mol. The highest BCUT2D eigenvalue weighted by molar-refractivity contribution is 7.92. The molecule has 8 heteroatoms. The zero-order valence-corrected chi connectivity index (χ0v) is 22.2. The second-order valence-corrected chi connectivity index (χ2v) is 10.9. The maximum absolute atomic E-state index is 13.8. The molecule has 3 aromatic carbocycles. The van der Waals surface area contributed by atoms with E-state index in [1.54, 1.807) is 30.3 Å². The minimum absolute atomic E-state index is 0.0764. The Bertz CT molecular complexity index is 1260. The fraction of sp³-hybridized carbons (Fsp3) is 0.321. The van der Waals surface area contributed by atoms with Gasteiger partial charge in [0.15, 0.2) is 0 Å². The van der Waals surface area contributed by atoms with Crippen LogP contribution in [0.1, 0.15) is 37.4 Å². The third kappa shape index (κ3) is 6.57. The van der Waals surface area contributed by atoms with Gasteiger partial charge in [0.25, 0.3) is 10.0 Å². The molecule has 1 amide bonds. The van der Waals surface area contributed by atoms with Crippen LogP contribution in [0, 0.1) is 12.8 Å². The predicted molar refractivity (Wildman–Crippen MR) is 142 cm³/mol. The average Bonchev–Trinajstić information content (AvgIpc) is 2.87. The van der Waals surface area contributed by atoms with Gasteiger partial charge in [-0.25, -0.2) is 8.42 Å². The molecule has 3 aromatic rings. The number of methoxy groups -OCH3 is 2. The largest absolute Gasteiger partial charge is 0.497 e. The summed E-state index contributed by atoms with van der Waals surface area (Å²) >= 11 is 0. The molecule has 0 unspecified atom stereocenters. The monoisotopic (exact) mass is 510 g/mol. The Hall–Kier alpha value is -3.52. The van der Waals surface area contributed by atoms with Crippen LogP contribution >= 0.6 is 0 Å². The topological polar surface area (TPSA) is 84.9 Å². The van der Waals surface area contributed by atoms with E-state index in [9.17, 15) is 13.2 Å². The maximum Gasteiger partial charge on any atom is 0.264 e. The second-order valence-electron chi connectivity index (χ2n) is 9.02. The highest BCUT2D eigenvalue weighted by atomic mass is 32.2. The lowest BCUT2D eigenvalue weighted by molar-refractivity contribution is -0.120. The summed E-state index contributed by atoms with van der Waals surface area (Å²) in [6, 6.07) is 20.8. The fourth-order valence-electron chi connectivity index (χ4n) is 3.93. The first kappa shape index (κ1) is 27.1. The third-order valence-electron chi connectivity index (χ3n) is 5.80. The van der Waals surface area contributed by atoms with Crippen molar-refractivity contribution >= 4 is 21.6 Å². The van der Waals surface area contributed by atoms with Crippen molar-refractivity contribution in [1.29, 1.82) is 0 Å². The van der Waals surface area contributed by atoms with E-state index in [2.05, 4.69) is 19.2 Å². The van der Waals surface area contributed by atoms with Gasteiger partial charge in [0.05, 0.1) is 30.8 Å². The number of aryl methyl sites for hydroxylation is 1. The van der Waals surface area contributed by atoms with Gasteiger partial charge in [-0.1, -0.05) is 61.9 Å². The molecule has 0 heterocycles. The first-order chi connectivity index (χ1) is 17.1. The van der Waals surface area contributed by atoms with Gasteiger partial charge in [0, 0.05) is 6.07 Å². The van der Waals surface area contributed by atoms with Gasteiger partial charge in [0.2, 0.25) is 5.91 Å². The van der Waals surface area contributed by atoms with Crippen LogP contribution in [0.5, 0.6) is 11.5 Å². The smallest absolute Gasteiger partial charge is 0.264 e. The molecule has 0 aromatic heterocycles. The van der Waals surface area contributed by atoms with Crippen molar-refractivity contribution in [2.75, 3.05) is 25.1 Å². The molecule has 1 N–H and O–H groups in total. The summed E-state index contributed by atoms with van der Waals surface area (Å²) < 4.78 is 39.5. The molecule has 192 valence electrons. The lowest BCUT2D eigenvalue weighted by Gasteiger charge is -2.28. The Morgan fingerprint density at radius 1 is 0.944 bits per heavy atom. The van der Waals surface area contributed by atoms with Crippen molar-refractivity contribution in [1.82, 2.24) is 5.32 Å². The van der Waals surface area contributed by atoms with Crippen LogP contribution in [0.2, 0.25) is 0 Å². The summed E-state index contributed by atoms with van der Waals surface area (Å²) in [6.45, 7) is 5.61. The van der Waals surface area contributed by atoms with Gasteiger partial charge in [-0.05, 0) is 49.1 Å². The second kappa shape index (κ2) is 11.9. The van der Waals surface area contributed by atoms with Gasteiger partial charge in [-0.15, -0.1) is 0 Å². The summed E-state index contributed by atoms with van der Waals surface area (Å²) in [5.74, 6) is 0.643. The zero-order chi connectivity index (χ0) is 26.3. The summed E-state index contributed by atoms with van der Waals surface area (Å²) in [5.41, 5.74) is 2.11.